The molecular formula is C24H26Cl2F2N2O6S. The number of carbonyl (C=O) groups excluding carboxylic acids is 2. The summed E-state index contributed by atoms with van der Waals surface area (Å²) in [7, 11) is 1.29. The molecule has 37 heavy (non-hydrogen) atoms. The molecule has 0 aliphatic carbocycles. The highest BCUT2D eigenvalue weighted by molar-refractivity contribution is 8.00. The molecule has 0 spiro atoms. The molecule has 0 radical (unpaired) electrons. The summed E-state index contributed by atoms with van der Waals surface area (Å²) in [5.74, 6) is -0.351. The maximum Gasteiger partial charge on any atom is 0.411 e. The Balaban J connectivity index is 1.92. The van der Waals surface area contributed by atoms with Gasteiger partial charge in [-0.25, -0.2) is 9.59 Å². The van der Waals surface area contributed by atoms with Crippen LogP contribution in [0.2, 0.25) is 10.0 Å². The molecule has 2 heterocycles. The van der Waals surface area contributed by atoms with Crippen molar-refractivity contribution in [2.24, 2.45) is 0 Å². The molecule has 1 saturated heterocycles. The molecule has 1 aliphatic rings. The number of methoxy groups -OCH3 is 1. The maximum absolute atomic E-state index is 13.3. The van der Waals surface area contributed by atoms with E-state index in [0.717, 1.165) is 0 Å². The van der Waals surface area contributed by atoms with Gasteiger partial charge in [-0.15, -0.1) is 11.8 Å². The average Bonchev–Trinajstić information content (AvgIpc) is 3.30. The largest absolute Gasteiger partial charge is 0.493 e. The first kappa shape index (κ1) is 29.1. The van der Waals surface area contributed by atoms with Crippen LogP contribution in [-0.4, -0.2) is 58.9 Å². The van der Waals surface area contributed by atoms with Crippen LogP contribution in [-0.2, 0) is 20.7 Å². The maximum atomic E-state index is 13.3. The lowest BCUT2D eigenvalue weighted by molar-refractivity contribution is -0.151. The van der Waals surface area contributed by atoms with Crippen LogP contribution >= 0.6 is 35.0 Å². The minimum atomic E-state index is -3.05. The van der Waals surface area contributed by atoms with Crippen molar-refractivity contribution in [2.45, 2.75) is 50.9 Å². The van der Waals surface area contributed by atoms with E-state index in [2.05, 4.69) is 9.72 Å². The predicted molar refractivity (Wildman–Crippen MR) is 136 cm³/mol. The van der Waals surface area contributed by atoms with Gasteiger partial charge in [0, 0.05) is 31.1 Å². The summed E-state index contributed by atoms with van der Waals surface area (Å²) in [6.07, 6.45) is 1.23. The van der Waals surface area contributed by atoms with Crippen molar-refractivity contribution in [3.05, 3.63) is 51.8 Å². The zero-order chi connectivity index (χ0) is 27.3. The summed E-state index contributed by atoms with van der Waals surface area (Å²) in [4.78, 5) is 31.2. The fourth-order valence-corrected chi connectivity index (χ4v) is 5.10. The molecule has 2 aromatic rings. The highest BCUT2D eigenvalue weighted by atomic mass is 35.5. The molecule has 3 rings (SSSR count). The summed E-state index contributed by atoms with van der Waals surface area (Å²) < 4.78 is 46.6. The van der Waals surface area contributed by atoms with E-state index in [4.69, 9.17) is 37.4 Å². The number of pyridine rings is 1. The van der Waals surface area contributed by atoms with E-state index < -0.39 is 35.8 Å². The normalized spacial score (nSPS) is 16.5. The Hall–Kier alpha value is -2.50. The highest BCUT2D eigenvalue weighted by Crippen LogP contribution is 2.37. The van der Waals surface area contributed by atoms with Crippen molar-refractivity contribution in [2.75, 3.05) is 19.4 Å². The van der Waals surface area contributed by atoms with Gasteiger partial charge >= 0.3 is 18.7 Å². The summed E-state index contributed by atoms with van der Waals surface area (Å²) in [5.41, 5.74) is 0.128. The number of carbonyl (C=O) groups is 2. The van der Waals surface area contributed by atoms with Gasteiger partial charge in [-0.1, -0.05) is 29.3 Å². The van der Waals surface area contributed by atoms with Crippen LogP contribution in [0.4, 0.5) is 13.6 Å². The van der Waals surface area contributed by atoms with Crippen molar-refractivity contribution in [3.63, 3.8) is 0 Å². The summed E-state index contributed by atoms with van der Waals surface area (Å²) in [6, 6.07) is 4.18. The third kappa shape index (κ3) is 7.75. The molecule has 2 atom stereocenters. The molecule has 0 unspecified atom stereocenters. The molecule has 13 heteroatoms. The number of amides is 1. The summed E-state index contributed by atoms with van der Waals surface area (Å²) in [5, 5.41) is -0.434. The molecule has 0 saturated carbocycles. The van der Waals surface area contributed by atoms with Crippen molar-refractivity contribution >= 4 is 47.0 Å². The number of ether oxygens (including phenoxy) is 4. The number of benzene rings is 1. The van der Waals surface area contributed by atoms with E-state index >= 15 is 0 Å². The van der Waals surface area contributed by atoms with Crippen LogP contribution in [0.25, 0.3) is 0 Å². The standard InChI is InChI=1S/C24H26Cl2F2N2O6S/c1-24(2,3)36-23(32)30-7-8-37-20(30)21(31)34-18(10-14-15(25)11-29-12-16(14)26)13-5-6-17(35-22(27)28)19(9-13)33-4/h5-6,9,11-12,18,20,22H,7-8,10H2,1-4H3/t18-,20-/m0/s1. The Morgan fingerprint density at radius 1 is 1.19 bits per heavy atom. The van der Waals surface area contributed by atoms with Crippen LogP contribution in [0.15, 0.2) is 30.6 Å². The number of nitrogens with zero attached hydrogens (tertiary/aromatic N) is 2. The Labute approximate surface area is 227 Å². The number of rotatable bonds is 8. The SMILES string of the molecule is COc1cc([C@H](Cc2c(Cl)cncc2Cl)OC(=O)[C@@H]2SCCN2C(=O)OC(C)(C)C)ccc1OC(F)F. The third-order valence-electron chi connectivity index (χ3n) is 5.10. The minimum absolute atomic E-state index is 0.0106. The molecule has 8 nitrogen and oxygen atoms in total. The quantitative estimate of drug-likeness (QED) is 0.345. The van der Waals surface area contributed by atoms with Gasteiger partial charge in [0.2, 0.25) is 0 Å². The fraction of sp³-hybridized carbons (Fsp3) is 0.458. The van der Waals surface area contributed by atoms with E-state index in [-0.39, 0.29) is 28.0 Å². The number of hydrogen-bond acceptors (Lipinski definition) is 8. The Morgan fingerprint density at radius 3 is 2.46 bits per heavy atom. The van der Waals surface area contributed by atoms with Crippen molar-refractivity contribution in [1.29, 1.82) is 0 Å². The molecule has 1 aliphatic heterocycles. The molecule has 1 aromatic heterocycles. The monoisotopic (exact) mass is 578 g/mol. The van der Waals surface area contributed by atoms with Gasteiger partial charge in [0.25, 0.3) is 0 Å². The third-order valence-corrected chi connectivity index (χ3v) is 6.93. The van der Waals surface area contributed by atoms with Gasteiger partial charge in [0.05, 0.1) is 17.2 Å². The second kappa shape index (κ2) is 12.4. The lowest BCUT2D eigenvalue weighted by Crippen LogP contribution is -2.43. The number of thioether (sulfide) groups is 1. The van der Waals surface area contributed by atoms with Crippen LogP contribution in [0.5, 0.6) is 11.5 Å². The second-order valence-electron chi connectivity index (χ2n) is 8.90. The molecule has 1 fully saturated rings. The highest BCUT2D eigenvalue weighted by Gasteiger charge is 2.39. The Kier molecular flexibility index (Phi) is 9.71. The average molecular weight is 579 g/mol. The van der Waals surface area contributed by atoms with Gasteiger partial charge in [-0.3, -0.25) is 9.88 Å². The van der Waals surface area contributed by atoms with Crippen molar-refractivity contribution in [3.8, 4) is 11.5 Å². The lowest BCUT2D eigenvalue weighted by atomic mass is 10.0. The molecule has 0 bridgehead atoms. The molecule has 1 amide bonds. The summed E-state index contributed by atoms with van der Waals surface area (Å²) in [6.45, 7) is 2.44. The van der Waals surface area contributed by atoms with Crippen LogP contribution in [0.1, 0.15) is 38.0 Å². The first-order valence-electron chi connectivity index (χ1n) is 11.1. The number of hydrogen-bond donors (Lipinski definition) is 0. The van der Waals surface area contributed by atoms with Crippen LogP contribution < -0.4 is 9.47 Å². The number of aromatic nitrogens is 1. The fourth-order valence-electron chi connectivity index (χ4n) is 3.50. The smallest absolute Gasteiger partial charge is 0.411 e. The van der Waals surface area contributed by atoms with E-state index in [1.54, 1.807) is 20.8 Å². The van der Waals surface area contributed by atoms with Gasteiger partial charge in [-0.05, 0) is 44.0 Å². The molecule has 202 valence electrons. The Bertz CT molecular complexity index is 1110. The van der Waals surface area contributed by atoms with Gasteiger partial charge in [-0.2, -0.15) is 8.78 Å². The second-order valence-corrected chi connectivity index (χ2v) is 10.9. The van der Waals surface area contributed by atoms with Crippen LogP contribution in [0.3, 0.4) is 0 Å². The zero-order valence-electron chi connectivity index (χ0n) is 20.5. The number of alkyl halides is 2. The van der Waals surface area contributed by atoms with Gasteiger partial charge < -0.3 is 18.9 Å². The Morgan fingerprint density at radius 2 is 1.86 bits per heavy atom. The predicted octanol–water partition coefficient (Wildman–Crippen LogP) is 6.14. The van der Waals surface area contributed by atoms with Crippen molar-refractivity contribution < 1.29 is 37.3 Å². The first-order valence-corrected chi connectivity index (χ1v) is 12.9. The molecule has 1 aromatic carbocycles. The van der Waals surface area contributed by atoms with E-state index in [1.807, 2.05) is 0 Å². The van der Waals surface area contributed by atoms with Gasteiger partial charge in [0.15, 0.2) is 16.9 Å². The van der Waals surface area contributed by atoms with Crippen molar-refractivity contribution in [1.82, 2.24) is 9.88 Å². The molecular weight excluding hydrogens is 553 g/mol. The van der Waals surface area contributed by atoms with Crippen LogP contribution in [0, 0.1) is 0 Å². The first-order chi connectivity index (χ1) is 17.4. The van der Waals surface area contributed by atoms with E-state index in [9.17, 15) is 18.4 Å². The summed E-state index contributed by atoms with van der Waals surface area (Å²) >= 11 is 13.8. The van der Waals surface area contributed by atoms with E-state index in [0.29, 0.717) is 23.4 Å². The lowest BCUT2D eigenvalue weighted by Gasteiger charge is -2.28. The zero-order valence-corrected chi connectivity index (χ0v) is 22.8. The molecule has 0 N–H and O–H groups in total. The van der Waals surface area contributed by atoms with E-state index in [1.165, 1.54) is 54.4 Å². The number of esters is 1. The topological polar surface area (TPSA) is 87.2 Å². The minimum Gasteiger partial charge on any atom is -0.493 e. The van der Waals surface area contributed by atoms with Gasteiger partial charge in [0.1, 0.15) is 11.7 Å². The number of halogens is 4.